The molecule has 0 aliphatic heterocycles. The van der Waals surface area contributed by atoms with Crippen LogP contribution in [0.3, 0.4) is 0 Å². The summed E-state index contributed by atoms with van der Waals surface area (Å²) in [5.74, 6) is 0. The number of nitrogens with zero attached hydrogens (tertiary/aromatic N) is 1. The normalized spacial score (nSPS) is 12.5. The van der Waals surface area contributed by atoms with Crippen molar-refractivity contribution in [1.82, 2.24) is 5.32 Å². The van der Waals surface area contributed by atoms with Crippen LogP contribution in [0.25, 0.3) is 0 Å². The second-order valence-corrected chi connectivity index (χ2v) is 2.30. The maximum atomic E-state index is 8.59. The third kappa shape index (κ3) is 5.84. The van der Waals surface area contributed by atoms with Gasteiger partial charge in [-0.15, -0.1) is 0 Å². The third-order valence-electron chi connectivity index (χ3n) is 1.29. The minimum absolute atomic E-state index is 0.144. The van der Waals surface area contributed by atoms with Crippen LogP contribution >= 0.6 is 0 Å². The van der Waals surface area contributed by atoms with Crippen LogP contribution in [0.4, 0.5) is 0 Å². The average molecular weight is 156 g/mol. The summed E-state index contributed by atoms with van der Waals surface area (Å²) in [6.07, 6.45) is 1.05. The maximum absolute atomic E-state index is 8.59. The summed E-state index contributed by atoms with van der Waals surface area (Å²) >= 11 is 0. The summed E-state index contributed by atoms with van der Waals surface area (Å²) in [5.41, 5.74) is 0. The lowest BCUT2D eigenvalue weighted by Crippen LogP contribution is -2.32. The molecule has 0 radical (unpaired) electrons. The van der Waals surface area contributed by atoms with Crippen LogP contribution in [0.15, 0.2) is 0 Å². The van der Waals surface area contributed by atoms with Crippen molar-refractivity contribution in [3.05, 3.63) is 0 Å². The van der Waals surface area contributed by atoms with E-state index < -0.39 is 0 Å². The Labute approximate surface area is 68.3 Å². The fourth-order valence-electron chi connectivity index (χ4n) is 0.696. The van der Waals surface area contributed by atoms with Gasteiger partial charge in [0.1, 0.15) is 6.04 Å². The fourth-order valence-corrected chi connectivity index (χ4v) is 0.696. The molecule has 1 unspecified atom stereocenters. The molecule has 0 saturated heterocycles. The molecule has 3 heteroatoms. The third-order valence-corrected chi connectivity index (χ3v) is 1.29. The van der Waals surface area contributed by atoms with Gasteiger partial charge in [0, 0.05) is 6.61 Å². The predicted molar refractivity (Wildman–Crippen MR) is 44.2 cm³/mol. The Balaban J connectivity index is 3.35. The van der Waals surface area contributed by atoms with Gasteiger partial charge < -0.3 is 10.1 Å². The molecule has 3 nitrogen and oxygen atoms in total. The summed E-state index contributed by atoms with van der Waals surface area (Å²) in [4.78, 5) is 0. The summed E-state index contributed by atoms with van der Waals surface area (Å²) in [6.45, 7) is 6.04. The standard InChI is InChI=1S/C8H16N2O/c1-3-5-10-8(6-9)7-11-4-2/h8,10H,3-5,7H2,1-2H3. The van der Waals surface area contributed by atoms with Gasteiger partial charge in [-0.05, 0) is 19.9 Å². The number of nitriles is 1. The van der Waals surface area contributed by atoms with E-state index in [1.54, 1.807) is 0 Å². The summed E-state index contributed by atoms with van der Waals surface area (Å²) in [6, 6.07) is 1.99. The molecule has 0 rings (SSSR count). The van der Waals surface area contributed by atoms with Crippen molar-refractivity contribution in [3.8, 4) is 6.07 Å². The molecule has 0 aliphatic rings. The van der Waals surface area contributed by atoms with Gasteiger partial charge >= 0.3 is 0 Å². The van der Waals surface area contributed by atoms with Crippen LogP contribution in [0.1, 0.15) is 20.3 Å². The Bertz CT molecular complexity index is 112. The van der Waals surface area contributed by atoms with Crippen molar-refractivity contribution in [2.45, 2.75) is 26.3 Å². The molecule has 0 aromatic heterocycles. The second-order valence-electron chi connectivity index (χ2n) is 2.30. The molecule has 0 aliphatic carbocycles. The average Bonchev–Trinajstić information content (AvgIpc) is 2.05. The molecular weight excluding hydrogens is 140 g/mol. The highest BCUT2D eigenvalue weighted by molar-refractivity contribution is 4.89. The van der Waals surface area contributed by atoms with Crippen LogP contribution in [0.5, 0.6) is 0 Å². The quantitative estimate of drug-likeness (QED) is 0.622. The Morgan fingerprint density at radius 1 is 1.55 bits per heavy atom. The van der Waals surface area contributed by atoms with Crippen molar-refractivity contribution in [3.63, 3.8) is 0 Å². The molecule has 64 valence electrons. The first-order valence-electron chi connectivity index (χ1n) is 4.05. The Morgan fingerprint density at radius 2 is 2.27 bits per heavy atom. The van der Waals surface area contributed by atoms with Gasteiger partial charge in [-0.3, -0.25) is 0 Å². The lowest BCUT2D eigenvalue weighted by atomic mass is 10.3. The Morgan fingerprint density at radius 3 is 2.73 bits per heavy atom. The number of hydrogen-bond acceptors (Lipinski definition) is 3. The number of hydrogen-bond donors (Lipinski definition) is 1. The molecular formula is C8H16N2O. The molecule has 0 heterocycles. The van der Waals surface area contributed by atoms with Crippen molar-refractivity contribution >= 4 is 0 Å². The molecule has 1 N–H and O–H groups in total. The van der Waals surface area contributed by atoms with Gasteiger partial charge in [0.25, 0.3) is 0 Å². The molecule has 1 atom stereocenters. The van der Waals surface area contributed by atoms with Gasteiger partial charge in [0.15, 0.2) is 0 Å². The molecule has 0 amide bonds. The van der Waals surface area contributed by atoms with E-state index >= 15 is 0 Å². The van der Waals surface area contributed by atoms with Crippen LogP contribution in [-0.2, 0) is 4.74 Å². The summed E-state index contributed by atoms with van der Waals surface area (Å²) < 4.78 is 5.10. The maximum Gasteiger partial charge on any atom is 0.119 e. The highest BCUT2D eigenvalue weighted by atomic mass is 16.5. The topological polar surface area (TPSA) is 45.0 Å². The van der Waals surface area contributed by atoms with Gasteiger partial charge in [0.05, 0.1) is 12.7 Å². The molecule has 11 heavy (non-hydrogen) atoms. The molecule has 0 spiro atoms. The first-order chi connectivity index (χ1) is 5.35. The van der Waals surface area contributed by atoms with E-state index in [9.17, 15) is 0 Å². The fraction of sp³-hybridized carbons (Fsp3) is 0.875. The van der Waals surface area contributed by atoms with Crippen molar-refractivity contribution in [2.24, 2.45) is 0 Å². The number of ether oxygens (including phenoxy) is 1. The van der Waals surface area contributed by atoms with Crippen molar-refractivity contribution in [1.29, 1.82) is 5.26 Å². The van der Waals surface area contributed by atoms with E-state index in [4.69, 9.17) is 10.00 Å². The predicted octanol–water partition coefficient (Wildman–Crippen LogP) is 0.915. The first kappa shape index (κ1) is 10.4. The summed E-state index contributed by atoms with van der Waals surface area (Å²) in [5, 5.41) is 11.7. The van der Waals surface area contributed by atoms with Gasteiger partial charge in [-0.2, -0.15) is 5.26 Å². The number of rotatable bonds is 6. The van der Waals surface area contributed by atoms with Crippen molar-refractivity contribution in [2.75, 3.05) is 19.8 Å². The van der Waals surface area contributed by atoms with Gasteiger partial charge in [-0.25, -0.2) is 0 Å². The van der Waals surface area contributed by atoms with Crippen LogP contribution < -0.4 is 5.32 Å². The zero-order valence-corrected chi connectivity index (χ0v) is 7.26. The Hall–Kier alpha value is -0.590. The van der Waals surface area contributed by atoms with Crippen LogP contribution in [-0.4, -0.2) is 25.8 Å². The van der Waals surface area contributed by atoms with E-state index in [1.807, 2.05) is 6.92 Å². The second kappa shape index (κ2) is 7.52. The van der Waals surface area contributed by atoms with Crippen molar-refractivity contribution < 1.29 is 4.74 Å². The van der Waals surface area contributed by atoms with Crippen LogP contribution in [0, 0.1) is 11.3 Å². The molecule has 0 fully saturated rings. The monoisotopic (exact) mass is 156 g/mol. The van der Waals surface area contributed by atoms with Gasteiger partial charge in [0.2, 0.25) is 0 Å². The molecule has 0 aromatic carbocycles. The van der Waals surface area contributed by atoms with Crippen LogP contribution in [0.2, 0.25) is 0 Å². The molecule has 0 saturated carbocycles. The van der Waals surface area contributed by atoms with E-state index in [0.717, 1.165) is 13.0 Å². The SMILES string of the molecule is CCCNC(C#N)COCC. The Kier molecular flexibility index (Phi) is 7.11. The van der Waals surface area contributed by atoms with Gasteiger partial charge in [-0.1, -0.05) is 6.92 Å². The lowest BCUT2D eigenvalue weighted by Gasteiger charge is -2.09. The van der Waals surface area contributed by atoms with E-state index in [2.05, 4.69) is 18.3 Å². The molecule has 0 bridgehead atoms. The van der Waals surface area contributed by atoms with E-state index in [-0.39, 0.29) is 6.04 Å². The highest BCUT2D eigenvalue weighted by Gasteiger charge is 2.03. The number of nitrogens with one attached hydrogen (secondary N) is 1. The smallest absolute Gasteiger partial charge is 0.119 e. The van der Waals surface area contributed by atoms with E-state index in [1.165, 1.54) is 0 Å². The zero-order valence-electron chi connectivity index (χ0n) is 7.26. The minimum atomic E-state index is -0.144. The lowest BCUT2D eigenvalue weighted by molar-refractivity contribution is 0.135. The minimum Gasteiger partial charge on any atom is -0.379 e. The summed E-state index contributed by atoms with van der Waals surface area (Å²) in [7, 11) is 0. The highest BCUT2D eigenvalue weighted by Crippen LogP contribution is 1.84. The first-order valence-corrected chi connectivity index (χ1v) is 4.05. The van der Waals surface area contributed by atoms with E-state index in [0.29, 0.717) is 13.2 Å². The molecule has 0 aromatic rings. The largest absolute Gasteiger partial charge is 0.379 e. The zero-order chi connectivity index (χ0) is 8.53.